The summed E-state index contributed by atoms with van der Waals surface area (Å²) in [4.78, 5) is 31.6. The van der Waals surface area contributed by atoms with Gasteiger partial charge in [0.25, 0.3) is 11.7 Å². The fourth-order valence-corrected chi connectivity index (χ4v) is 3.77. The van der Waals surface area contributed by atoms with Crippen molar-refractivity contribution in [1.29, 1.82) is 0 Å². The van der Waals surface area contributed by atoms with Crippen LogP contribution in [-0.4, -0.2) is 33.3 Å². The van der Waals surface area contributed by atoms with Gasteiger partial charge in [0.2, 0.25) is 0 Å². The van der Waals surface area contributed by atoms with Crippen LogP contribution in [0, 0.1) is 5.82 Å². The molecule has 1 aliphatic rings. The summed E-state index contributed by atoms with van der Waals surface area (Å²) in [7, 11) is 0. The van der Waals surface area contributed by atoms with E-state index >= 15 is 0 Å². The second-order valence-electron chi connectivity index (χ2n) is 7.47. The van der Waals surface area contributed by atoms with Crippen LogP contribution in [0.1, 0.15) is 22.7 Å². The average Bonchev–Trinajstić information content (AvgIpc) is 3.08. The molecule has 4 rings (SSSR count). The summed E-state index contributed by atoms with van der Waals surface area (Å²) in [6.07, 6.45) is 4.83. The highest BCUT2D eigenvalue weighted by Gasteiger charge is 2.46. The molecule has 1 atom stereocenters. The predicted octanol–water partition coefficient (Wildman–Crippen LogP) is 4.41. The summed E-state index contributed by atoms with van der Waals surface area (Å²) >= 11 is 0. The van der Waals surface area contributed by atoms with E-state index in [0.29, 0.717) is 11.3 Å². The molecule has 1 aliphatic heterocycles. The van der Waals surface area contributed by atoms with Crippen molar-refractivity contribution >= 4 is 17.4 Å². The molecule has 1 N–H and O–H groups in total. The van der Waals surface area contributed by atoms with Crippen LogP contribution in [-0.2, 0) is 16.1 Å². The maximum absolute atomic E-state index is 13.4. The number of hydrogen-bond acceptors (Lipinski definition) is 5. The molecule has 0 saturated carbocycles. The Labute approximate surface area is 190 Å². The van der Waals surface area contributed by atoms with Crippen LogP contribution in [0.25, 0.3) is 5.76 Å². The Morgan fingerprint density at radius 3 is 2.64 bits per heavy atom. The SMILES string of the molecule is C=CCOc1cccc([C@H]2/C(=C(\O)c3ccc(F)cc3)C(=O)C(=O)N2Cc2cccnc2)c1. The van der Waals surface area contributed by atoms with Gasteiger partial charge < -0.3 is 14.7 Å². The number of likely N-dealkylation sites (tertiary alicyclic amines) is 1. The number of nitrogens with zero attached hydrogens (tertiary/aromatic N) is 2. The summed E-state index contributed by atoms with van der Waals surface area (Å²) in [5.41, 5.74) is 1.48. The van der Waals surface area contributed by atoms with Gasteiger partial charge in [-0.15, -0.1) is 0 Å². The van der Waals surface area contributed by atoms with Crippen LogP contribution < -0.4 is 4.74 Å². The smallest absolute Gasteiger partial charge is 0.295 e. The predicted molar refractivity (Wildman–Crippen MR) is 121 cm³/mol. The van der Waals surface area contributed by atoms with E-state index in [1.807, 2.05) is 0 Å². The molecule has 1 amide bonds. The number of carbonyl (C=O) groups excluding carboxylic acids is 2. The molecule has 0 radical (unpaired) electrons. The number of ketones is 1. The molecule has 6 nitrogen and oxygen atoms in total. The van der Waals surface area contributed by atoms with Crippen molar-refractivity contribution in [2.75, 3.05) is 6.61 Å². The molecule has 2 aromatic carbocycles. The van der Waals surface area contributed by atoms with Crippen molar-refractivity contribution in [3.05, 3.63) is 114 Å². The monoisotopic (exact) mass is 444 g/mol. The fourth-order valence-electron chi connectivity index (χ4n) is 3.77. The molecule has 1 fully saturated rings. The minimum Gasteiger partial charge on any atom is -0.507 e. The van der Waals surface area contributed by atoms with Crippen molar-refractivity contribution in [3.8, 4) is 5.75 Å². The molecule has 166 valence electrons. The minimum atomic E-state index is -0.873. The number of Topliss-reactive ketones (excluding diaryl/α,β-unsaturated/α-hetero) is 1. The van der Waals surface area contributed by atoms with Crippen LogP contribution >= 0.6 is 0 Å². The fraction of sp³-hybridized carbons (Fsp3) is 0.115. The van der Waals surface area contributed by atoms with E-state index in [0.717, 1.165) is 5.56 Å². The van der Waals surface area contributed by atoms with Crippen molar-refractivity contribution in [1.82, 2.24) is 9.88 Å². The molecule has 0 bridgehead atoms. The molecule has 2 heterocycles. The molecular weight excluding hydrogens is 423 g/mol. The summed E-state index contributed by atoms with van der Waals surface area (Å²) < 4.78 is 19.0. The molecule has 1 aromatic heterocycles. The lowest BCUT2D eigenvalue weighted by Crippen LogP contribution is -2.29. The van der Waals surface area contributed by atoms with Gasteiger partial charge >= 0.3 is 0 Å². The summed E-state index contributed by atoms with van der Waals surface area (Å²) in [5, 5.41) is 11.0. The maximum Gasteiger partial charge on any atom is 0.295 e. The molecule has 0 unspecified atom stereocenters. The van der Waals surface area contributed by atoms with Crippen LogP contribution in [0.2, 0.25) is 0 Å². The number of aliphatic hydroxyl groups is 1. The number of aliphatic hydroxyl groups excluding tert-OH is 1. The quantitative estimate of drug-likeness (QED) is 0.253. The Morgan fingerprint density at radius 1 is 1.15 bits per heavy atom. The zero-order valence-corrected chi connectivity index (χ0v) is 17.6. The Morgan fingerprint density at radius 2 is 1.94 bits per heavy atom. The van der Waals surface area contributed by atoms with Gasteiger partial charge in [-0.2, -0.15) is 0 Å². The van der Waals surface area contributed by atoms with Crippen LogP contribution in [0.4, 0.5) is 4.39 Å². The van der Waals surface area contributed by atoms with Gasteiger partial charge in [-0.1, -0.05) is 30.9 Å². The van der Waals surface area contributed by atoms with Gasteiger partial charge in [-0.25, -0.2) is 4.39 Å². The van der Waals surface area contributed by atoms with Crippen molar-refractivity contribution in [3.63, 3.8) is 0 Å². The van der Waals surface area contributed by atoms with Gasteiger partial charge in [0.05, 0.1) is 11.6 Å². The third-order valence-electron chi connectivity index (χ3n) is 5.28. The normalized spacial score (nSPS) is 17.2. The summed E-state index contributed by atoms with van der Waals surface area (Å²) in [5.74, 6) is -1.88. The number of aromatic nitrogens is 1. The van der Waals surface area contributed by atoms with Gasteiger partial charge in [-0.05, 0) is 53.6 Å². The average molecular weight is 444 g/mol. The van der Waals surface area contributed by atoms with E-state index in [4.69, 9.17) is 4.74 Å². The number of carbonyl (C=O) groups is 2. The lowest BCUT2D eigenvalue weighted by atomic mass is 9.95. The lowest BCUT2D eigenvalue weighted by molar-refractivity contribution is -0.140. The van der Waals surface area contributed by atoms with Gasteiger partial charge in [0.1, 0.15) is 23.9 Å². The molecule has 1 saturated heterocycles. The number of halogens is 1. The second-order valence-corrected chi connectivity index (χ2v) is 7.47. The zero-order valence-electron chi connectivity index (χ0n) is 17.6. The van der Waals surface area contributed by atoms with Gasteiger partial charge in [-0.3, -0.25) is 14.6 Å². The molecule has 0 aliphatic carbocycles. The standard InChI is InChI=1S/C26H21FN2O4/c1-2-13-33-21-7-3-6-19(14-21)23-22(24(30)18-8-10-20(27)11-9-18)25(31)26(32)29(23)16-17-5-4-12-28-15-17/h2-12,14-15,23,30H,1,13,16H2/b24-22+/t23-/m0/s1. The van der Waals surface area contributed by atoms with Gasteiger partial charge in [0, 0.05) is 24.5 Å². The first-order valence-electron chi connectivity index (χ1n) is 10.3. The molecule has 3 aromatic rings. The largest absolute Gasteiger partial charge is 0.507 e. The maximum atomic E-state index is 13.4. The first-order valence-corrected chi connectivity index (χ1v) is 10.3. The Kier molecular flexibility index (Phi) is 6.31. The van der Waals surface area contributed by atoms with Crippen LogP contribution in [0.5, 0.6) is 5.75 Å². The third kappa shape index (κ3) is 4.52. The minimum absolute atomic E-state index is 0.0728. The third-order valence-corrected chi connectivity index (χ3v) is 5.28. The highest BCUT2D eigenvalue weighted by molar-refractivity contribution is 6.46. The van der Waals surface area contributed by atoms with E-state index in [1.54, 1.807) is 54.9 Å². The van der Waals surface area contributed by atoms with Crippen LogP contribution in [0.15, 0.2) is 91.3 Å². The Bertz CT molecular complexity index is 1220. The highest BCUT2D eigenvalue weighted by Crippen LogP contribution is 2.41. The number of ether oxygens (including phenoxy) is 1. The van der Waals surface area contributed by atoms with E-state index in [1.165, 1.54) is 29.2 Å². The number of amides is 1. The Hall–Kier alpha value is -4.26. The first-order chi connectivity index (χ1) is 16.0. The van der Waals surface area contributed by atoms with E-state index in [-0.39, 0.29) is 30.0 Å². The number of benzene rings is 2. The Balaban J connectivity index is 1.84. The number of hydrogen-bond donors (Lipinski definition) is 1. The molecule has 33 heavy (non-hydrogen) atoms. The lowest BCUT2D eigenvalue weighted by Gasteiger charge is -2.25. The van der Waals surface area contributed by atoms with Gasteiger partial charge in [0.15, 0.2) is 0 Å². The summed E-state index contributed by atoms with van der Waals surface area (Å²) in [6, 6.07) is 14.7. The zero-order chi connectivity index (χ0) is 23.4. The molecular formula is C26H21FN2O4. The number of pyridine rings is 1. The van der Waals surface area contributed by atoms with Crippen molar-refractivity contribution in [2.24, 2.45) is 0 Å². The van der Waals surface area contributed by atoms with Crippen molar-refractivity contribution < 1.29 is 23.8 Å². The van der Waals surface area contributed by atoms with Crippen LogP contribution in [0.3, 0.4) is 0 Å². The highest BCUT2D eigenvalue weighted by atomic mass is 19.1. The van der Waals surface area contributed by atoms with E-state index < -0.39 is 23.5 Å². The summed E-state index contributed by atoms with van der Waals surface area (Å²) in [6.45, 7) is 4.03. The molecule has 0 spiro atoms. The first kappa shape index (κ1) is 22.0. The molecule has 7 heteroatoms. The van der Waals surface area contributed by atoms with E-state index in [2.05, 4.69) is 11.6 Å². The number of rotatable bonds is 7. The van der Waals surface area contributed by atoms with Crippen molar-refractivity contribution in [2.45, 2.75) is 12.6 Å². The second kappa shape index (κ2) is 9.48. The topological polar surface area (TPSA) is 79.7 Å². The van der Waals surface area contributed by atoms with E-state index in [9.17, 15) is 19.1 Å².